The zero-order chi connectivity index (χ0) is 18.7. The van der Waals surface area contributed by atoms with Crippen LogP contribution in [0.2, 0.25) is 15.1 Å². The second-order valence-electron chi connectivity index (χ2n) is 5.16. The third kappa shape index (κ3) is 4.22. The Hall–Kier alpha value is -1.97. The van der Waals surface area contributed by atoms with Crippen LogP contribution in [0.1, 0.15) is 0 Å². The number of hydrogen-bond donors (Lipinski definition) is 0. The van der Waals surface area contributed by atoms with E-state index in [2.05, 4.69) is 10.9 Å². The molecule has 0 saturated heterocycles. The molecule has 0 saturated carbocycles. The van der Waals surface area contributed by atoms with Gasteiger partial charge < -0.3 is 9.30 Å². The maximum absolute atomic E-state index is 12.2. The quantitative estimate of drug-likeness (QED) is 0.563. The van der Waals surface area contributed by atoms with Crippen molar-refractivity contribution in [2.45, 2.75) is 6.54 Å². The first-order chi connectivity index (χ1) is 12.5. The lowest BCUT2D eigenvalue weighted by Crippen LogP contribution is -2.19. The molecule has 132 valence electrons. The maximum Gasteiger partial charge on any atom is 0.286 e. The second-order valence-corrected chi connectivity index (χ2v) is 7.45. The lowest BCUT2D eigenvalue weighted by atomic mass is 10.3. The van der Waals surface area contributed by atoms with E-state index in [1.165, 1.54) is 11.3 Å². The molecule has 1 heterocycles. The van der Waals surface area contributed by atoms with E-state index in [0.717, 1.165) is 4.70 Å². The summed E-state index contributed by atoms with van der Waals surface area (Å²) in [6.07, 6.45) is 5.44. The number of rotatable bonds is 4. The van der Waals surface area contributed by atoms with Crippen molar-refractivity contribution in [3.05, 3.63) is 56.3 Å². The van der Waals surface area contributed by atoms with Crippen molar-refractivity contribution in [2.75, 3.05) is 6.61 Å². The van der Waals surface area contributed by atoms with Crippen LogP contribution in [0.5, 0.6) is 5.75 Å². The van der Waals surface area contributed by atoms with E-state index in [0.29, 0.717) is 31.1 Å². The number of halogens is 3. The molecule has 0 aliphatic carbocycles. The third-order valence-electron chi connectivity index (χ3n) is 3.34. The lowest BCUT2D eigenvalue weighted by molar-refractivity contribution is -0.120. The number of aromatic nitrogens is 1. The van der Waals surface area contributed by atoms with E-state index in [4.69, 9.17) is 46.0 Å². The van der Waals surface area contributed by atoms with Crippen LogP contribution >= 0.6 is 46.1 Å². The summed E-state index contributed by atoms with van der Waals surface area (Å²) in [6.45, 7) is 0.0198. The number of fused-ring (bicyclic) bond motifs is 1. The highest BCUT2D eigenvalue weighted by Gasteiger charge is 2.12. The second kappa shape index (κ2) is 8.15. The molecule has 1 aromatic heterocycles. The zero-order valence-electron chi connectivity index (χ0n) is 13.2. The van der Waals surface area contributed by atoms with Gasteiger partial charge in [-0.05, 0) is 36.4 Å². The molecule has 1 amide bonds. The molecule has 0 bridgehead atoms. The fourth-order valence-corrected chi connectivity index (χ4v) is 4.22. The molecule has 0 aliphatic rings. The molecule has 8 heteroatoms. The van der Waals surface area contributed by atoms with Gasteiger partial charge in [0, 0.05) is 10.0 Å². The van der Waals surface area contributed by atoms with Gasteiger partial charge in [-0.2, -0.15) is 4.99 Å². The van der Waals surface area contributed by atoms with Crippen molar-refractivity contribution in [2.24, 2.45) is 4.99 Å². The molecule has 3 aromatic rings. The summed E-state index contributed by atoms with van der Waals surface area (Å²) in [5, 5.41) is 1.54. The first-order valence-corrected chi connectivity index (χ1v) is 9.31. The largest absolute Gasteiger partial charge is 0.484 e. The molecular weight excluding hydrogens is 415 g/mol. The Morgan fingerprint density at radius 2 is 1.92 bits per heavy atom. The Morgan fingerprint density at radius 1 is 1.19 bits per heavy atom. The van der Waals surface area contributed by atoms with Crippen LogP contribution in [0.15, 0.2) is 41.4 Å². The lowest BCUT2D eigenvalue weighted by Gasteiger charge is -2.04. The number of amides is 1. The molecule has 0 fully saturated rings. The number of ether oxygens (including phenoxy) is 1. The minimum Gasteiger partial charge on any atom is -0.484 e. The molecule has 0 radical (unpaired) electrons. The van der Waals surface area contributed by atoms with E-state index in [9.17, 15) is 4.79 Å². The molecule has 26 heavy (non-hydrogen) atoms. The van der Waals surface area contributed by atoms with Gasteiger partial charge in [0.25, 0.3) is 5.91 Å². The Bertz CT molecular complexity index is 1080. The van der Waals surface area contributed by atoms with Crippen molar-refractivity contribution in [3.63, 3.8) is 0 Å². The average molecular weight is 426 g/mol. The van der Waals surface area contributed by atoms with Crippen molar-refractivity contribution in [1.29, 1.82) is 0 Å². The van der Waals surface area contributed by atoms with Gasteiger partial charge in [0.05, 0.1) is 21.8 Å². The van der Waals surface area contributed by atoms with Crippen LogP contribution in [0.3, 0.4) is 0 Å². The number of carbonyl (C=O) groups is 1. The normalized spacial score (nSPS) is 11.5. The third-order valence-corrected chi connectivity index (χ3v) is 5.12. The first-order valence-electron chi connectivity index (χ1n) is 7.35. The fourth-order valence-electron chi connectivity index (χ4n) is 2.27. The summed E-state index contributed by atoms with van der Waals surface area (Å²) >= 11 is 19.4. The van der Waals surface area contributed by atoms with Crippen molar-refractivity contribution < 1.29 is 9.53 Å². The Balaban J connectivity index is 1.91. The molecular formula is C18H11Cl3N2O2S. The predicted octanol–water partition coefficient (Wildman–Crippen LogP) is 4.80. The van der Waals surface area contributed by atoms with Gasteiger partial charge in [0.1, 0.15) is 5.75 Å². The van der Waals surface area contributed by atoms with Gasteiger partial charge in [-0.1, -0.05) is 52.1 Å². The molecule has 0 spiro atoms. The highest BCUT2D eigenvalue weighted by atomic mass is 35.5. The summed E-state index contributed by atoms with van der Waals surface area (Å²) in [5.41, 5.74) is 0.698. The van der Waals surface area contributed by atoms with Crippen LogP contribution in [0.4, 0.5) is 0 Å². The Kier molecular flexibility index (Phi) is 5.90. The van der Waals surface area contributed by atoms with Crippen LogP contribution in [-0.4, -0.2) is 17.1 Å². The monoisotopic (exact) mass is 424 g/mol. The van der Waals surface area contributed by atoms with E-state index in [1.54, 1.807) is 41.0 Å². The standard InChI is InChI=1S/C18H11Cl3N2O2S/c1-2-7-23-17-14(21)8-12(20)9-15(17)26-18(23)22-16(24)10-25-13-5-3-11(19)4-6-13/h1,3-6,8-9H,7,10H2. The molecule has 2 aromatic carbocycles. The average Bonchev–Trinajstić information content (AvgIpc) is 2.92. The van der Waals surface area contributed by atoms with Gasteiger partial charge in [0.15, 0.2) is 11.4 Å². The molecule has 0 N–H and O–H groups in total. The van der Waals surface area contributed by atoms with Gasteiger partial charge in [-0.25, -0.2) is 0 Å². The van der Waals surface area contributed by atoms with Crippen molar-refractivity contribution in [3.8, 4) is 18.1 Å². The van der Waals surface area contributed by atoms with Crippen LogP contribution in [0.25, 0.3) is 10.2 Å². The van der Waals surface area contributed by atoms with Gasteiger partial charge >= 0.3 is 0 Å². The minimum absolute atomic E-state index is 0.208. The summed E-state index contributed by atoms with van der Waals surface area (Å²) in [4.78, 5) is 16.8. The van der Waals surface area contributed by atoms with Crippen LogP contribution < -0.4 is 9.54 Å². The molecule has 0 aliphatic heterocycles. The van der Waals surface area contributed by atoms with Gasteiger partial charge in [0.2, 0.25) is 0 Å². The van der Waals surface area contributed by atoms with Gasteiger partial charge in [-0.3, -0.25) is 4.79 Å². The topological polar surface area (TPSA) is 43.6 Å². The predicted molar refractivity (Wildman–Crippen MR) is 106 cm³/mol. The SMILES string of the molecule is C#CCn1c(=NC(=O)COc2ccc(Cl)cc2)sc2cc(Cl)cc(Cl)c21. The number of hydrogen-bond acceptors (Lipinski definition) is 3. The summed E-state index contributed by atoms with van der Waals surface area (Å²) < 4.78 is 7.92. The fraction of sp³-hybridized carbons (Fsp3) is 0.111. The number of carbonyl (C=O) groups excluding carboxylic acids is 1. The number of thiazole rings is 1. The first kappa shape index (κ1) is 18.8. The molecule has 3 rings (SSSR count). The molecule has 0 atom stereocenters. The van der Waals surface area contributed by atoms with E-state index < -0.39 is 5.91 Å². The van der Waals surface area contributed by atoms with E-state index in [-0.39, 0.29) is 13.2 Å². The molecule has 0 unspecified atom stereocenters. The summed E-state index contributed by atoms with van der Waals surface area (Å²) in [6, 6.07) is 10.1. The minimum atomic E-state index is -0.445. The number of nitrogens with zero attached hydrogens (tertiary/aromatic N) is 2. The highest BCUT2D eigenvalue weighted by Crippen LogP contribution is 2.29. The Labute approximate surface area is 168 Å². The zero-order valence-corrected chi connectivity index (χ0v) is 16.3. The smallest absolute Gasteiger partial charge is 0.286 e. The number of benzene rings is 2. The van der Waals surface area contributed by atoms with Gasteiger partial charge in [-0.15, -0.1) is 6.42 Å². The maximum atomic E-state index is 12.2. The van der Waals surface area contributed by atoms with E-state index >= 15 is 0 Å². The summed E-state index contributed by atoms with van der Waals surface area (Å²) in [7, 11) is 0. The Morgan fingerprint density at radius 3 is 2.62 bits per heavy atom. The van der Waals surface area contributed by atoms with Crippen molar-refractivity contribution in [1.82, 2.24) is 4.57 Å². The number of terminal acetylenes is 1. The molecule has 4 nitrogen and oxygen atoms in total. The summed E-state index contributed by atoms with van der Waals surface area (Å²) in [5.74, 6) is 2.63. The van der Waals surface area contributed by atoms with E-state index in [1.807, 2.05) is 0 Å². The van der Waals surface area contributed by atoms with Crippen LogP contribution in [-0.2, 0) is 11.3 Å². The van der Waals surface area contributed by atoms with Crippen molar-refractivity contribution >= 4 is 62.3 Å². The van der Waals surface area contributed by atoms with Crippen LogP contribution in [0, 0.1) is 12.3 Å². The highest BCUT2D eigenvalue weighted by molar-refractivity contribution is 7.16.